The number of thiophene rings is 1. The number of hydrogen-bond donors (Lipinski definition) is 1. The minimum absolute atomic E-state index is 0.341. The second kappa shape index (κ2) is 8.53. The molecule has 0 aliphatic carbocycles. The second-order valence-electron chi connectivity index (χ2n) is 6.09. The molecule has 1 N–H and O–H groups in total. The molecule has 0 unspecified atom stereocenters. The van der Waals surface area contributed by atoms with Crippen LogP contribution in [0, 0.1) is 0 Å². The summed E-state index contributed by atoms with van der Waals surface area (Å²) in [5, 5.41) is 10.9. The van der Waals surface area contributed by atoms with E-state index in [1.807, 2.05) is 60.1 Å². The van der Waals surface area contributed by atoms with E-state index in [0.29, 0.717) is 11.3 Å². The number of methoxy groups -OCH3 is 1. The maximum Gasteiger partial charge on any atom is 0.275 e. The molecule has 0 spiro atoms. The Balaban J connectivity index is 1.60. The van der Waals surface area contributed by atoms with E-state index in [4.69, 9.17) is 9.84 Å². The van der Waals surface area contributed by atoms with Gasteiger partial charge in [-0.05, 0) is 35.7 Å². The van der Waals surface area contributed by atoms with Crippen LogP contribution in [0.25, 0.3) is 16.3 Å². The highest BCUT2D eigenvalue weighted by atomic mass is 32.1. The fourth-order valence-corrected chi connectivity index (χ4v) is 3.58. The van der Waals surface area contributed by atoms with Crippen molar-refractivity contribution < 1.29 is 9.53 Å². The van der Waals surface area contributed by atoms with Crippen molar-refractivity contribution in [2.75, 3.05) is 7.11 Å². The summed E-state index contributed by atoms with van der Waals surface area (Å²) in [6.45, 7) is 0. The first-order chi connectivity index (χ1) is 14.3. The van der Waals surface area contributed by atoms with Crippen LogP contribution in [0.5, 0.6) is 5.75 Å². The SMILES string of the molecule is COc1ccccc1C(=O)N/N=C\c1cn(-c2ccccc2)nc1-c1cccs1. The molecule has 0 bridgehead atoms. The maximum atomic E-state index is 12.4. The lowest BCUT2D eigenvalue weighted by molar-refractivity contribution is 0.0952. The standard InChI is InChI=1S/C22H18N4O2S/c1-28-19-11-6-5-10-18(19)22(27)24-23-14-16-15-26(17-8-3-2-4-9-17)25-21(16)20-12-7-13-29-20/h2-15H,1H3,(H,24,27)/b23-14-. The first-order valence-electron chi connectivity index (χ1n) is 8.91. The van der Waals surface area contributed by atoms with Gasteiger partial charge in [-0.1, -0.05) is 36.4 Å². The predicted molar refractivity (Wildman–Crippen MR) is 115 cm³/mol. The molecule has 0 radical (unpaired) electrons. The summed E-state index contributed by atoms with van der Waals surface area (Å²) in [6, 6.07) is 20.8. The highest BCUT2D eigenvalue weighted by Crippen LogP contribution is 2.26. The van der Waals surface area contributed by atoms with Gasteiger partial charge >= 0.3 is 0 Å². The topological polar surface area (TPSA) is 68.5 Å². The van der Waals surface area contributed by atoms with E-state index in [2.05, 4.69) is 10.5 Å². The van der Waals surface area contributed by atoms with Crippen molar-refractivity contribution in [3.05, 3.63) is 89.4 Å². The van der Waals surface area contributed by atoms with Crippen LogP contribution in [0.1, 0.15) is 15.9 Å². The molecular formula is C22H18N4O2S. The van der Waals surface area contributed by atoms with Crippen molar-refractivity contribution in [3.8, 4) is 22.0 Å². The molecule has 2 aromatic carbocycles. The molecule has 0 saturated carbocycles. The number of carbonyl (C=O) groups is 1. The lowest BCUT2D eigenvalue weighted by Crippen LogP contribution is -2.18. The van der Waals surface area contributed by atoms with E-state index in [0.717, 1.165) is 21.8 Å². The number of rotatable bonds is 6. The predicted octanol–water partition coefficient (Wildman–Crippen LogP) is 4.37. The van der Waals surface area contributed by atoms with Crippen molar-refractivity contribution in [1.82, 2.24) is 15.2 Å². The molecule has 144 valence electrons. The van der Waals surface area contributed by atoms with Crippen molar-refractivity contribution in [3.63, 3.8) is 0 Å². The molecular weight excluding hydrogens is 384 g/mol. The number of benzene rings is 2. The Bertz CT molecular complexity index is 1130. The normalized spacial score (nSPS) is 10.9. The fourth-order valence-electron chi connectivity index (χ4n) is 2.85. The summed E-state index contributed by atoms with van der Waals surface area (Å²) in [6.07, 6.45) is 3.50. The van der Waals surface area contributed by atoms with Crippen LogP contribution < -0.4 is 10.2 Å². The first-order valence-corrected chi connectivity index (χ1v) is 9.79. The minimum atomic E-state index is -0.341. The van der Waals surface area contributed by atoms with Crippen molar-refractivity contribution in [2.24, 2.45) is 5.10 Å². The Morgan fingerprint density at radius 3 is 2.66 bits per heavy atom. The number of aromatic nitrogens is 2. The van der Waals surface area contributed by atoms with Gasteiger partial charge in [-0.3, -0.25) is 4.79 Å². The first kappa shape index (κ1) is 18.6. The monoisotopic (exact) mass is 402 g/mol. The highest BCUT2D eigenvalue weighted by molar-refractivity contribution is 7.13. The summed E-state index contributed by atoms with van der Waals surface area (Å²) >= 11 is 1.60. The Morgan fingerprint density at radius 2 is 1.90 bits per heavy atom. The lowest BCUT2D eigenvalue weighted by Gasteiger charge is -2.05. The average Bonchev–Trinajstić information content (AvgIpc) is 3.44. The third kappa shape index (κ3) is 4.09. The van der Waals surface area contributed by atoms with E-state index < -0.39 is 0 Å². The Morgan fingerprint density at radius 1 is 1.10 bits per heavy atom. The zero-order chi connectivity index (χ0) is 20.1. The van der Waals surface area contributed by atoms with Gasteiger partial charge < -0.3 is 4.74 Å². The Labute approximate surface area is 172 Å². The fraction of sp³-hybridized carbons (Fsp3) is 0.0455. The van der Waals surface area contributed by atoms with Crippen LogP contribution in [-0.2, 0) is 0 Å². The van der Waals surface area contributed by atoms with Gasteiger partial charge in [-0.15, -0.1) is 11.3 Å². The number of nitrogens with one attached hydrogen (secondary N) is 1. The number of nitrogens with zero attached hydrogens (tertiary/aromatic N) is 3. The molecule has 0 fully saturated rings. The highest BCUT2D eigenvalue weighted by Gasteiger charge is 2.13. The molecule has 29 heavy (non-hydrogen) atoms. The number of para-hydroxylation sites is 2. The lowest BCUT2D eigenvalue weighted by atomic mass is 10.2. The molecule has 0 atom stereocenters. The van der Waals surface area contributed by atoms with Gasteiger partial charge in [0.25, 0.3) is 5.91 Å². The average molecular weight is 402 g/mol. The molecule has 2 heterocycles. The number of ether oxygens (including phenoxy) is 1. The van der Waals surface area contributed by atoms with E-state index in [1.165, 1.54) is 7.11 Å². The van der Waals surface area contributed by atoms with Gasteiger partial charge in [0.2, 0.25) is 0 Å². The van der Waals surface area contributed by atoms with Crippen molar-refractivity contribution in [1.29, 1.82) is 0 Å². The maximum absolute atomic E-state index is 12.4. The summed E-state index contributed by atoms with van der Waals surface area (Å²) in [7, 11) is 1.53. The van der Waals surface area contributed by atoms with Crippen molar-refractivity contribution in [2.45, 2.75) is 0 Å². The van der Waals surface area contributed by atoms with Crippen LogP contribution in [0.4, 0.5) is 0 Å². The van der Waals surface area contributed by atoms with E-state index >= 15 is 0 Å². The van der Waals surface area contributed by atoms with Gasteiger partial charge in [-0.25, -0.2) is 10.1 Å². The molecule has 2 aromatic heterocycles. The zero-order valence-electron chi connectivity index (χ0n) is 15.6. The van der Waals surface area contributed by atoms with Gasteiger partial charge in [0.15, 0.2) is 0 Å². The Kier molecular flexibility index (Phi) is 5.49. The smallest absolute Gasteiger partial charge is 0.275 e. The quantitative estimate of drug-likeness (QED) is 0.385. The second-order valence-corrected chi connectivity index (χ2v) is 7.04. The number of hydrogen-bond acceptors (Lipinski definition) is 5. The van der Waals surface area contributed by atoms with Crippen LogP contribution in [-0.4, -0.2) is 29.0 Å². The largest absolute Gasteiger partial charge is 0.496 e. The van der Waals surface area contributed by atoms with Gasteiger partial charge in [-0.2, -0.15) is 10.2 Å². The third-order valence-electron chi connectivity index (χ3n) is 4.24. The molecule has 0 saturated heterocycles. The molecule has 6 nitrogen and oxygen atoms in total. The molecule has 0 aliphatic heterocycles. The van der Waals surface area contributed by atoms with Gasteiger partial charge in [0.1, 0.15) is 11.4 Å². The molecule has 4 rings (SSSR count). The number of amides is 1. The van der Waals surface area contributed by atoms with Crippen LogP contribution in [0.2, 0.25) is 0 Å². The molecule has 0 aliphatic rings. The van der Waals surface area contributed by atoms with Gasteiger partial charge in [0, 0.05) is 11.8 Å². The van der Waals surface area contributed by atoms with Crippen molar-refractivity contribution >= 4 is 23.5 Å². The summed E-state index contributed by atoms with van der Waals surface area (Å²) < 4.78 is 7.03. The van der Waals surface area contributed by atoms with E-state index in [1.54, 1.807) is 40.4 Å². The molecule has 1 amide bonds. The Hall–Kier alpha value is -3.71. The van der Waals surface area contributed by atoms with E-state index in [9.17, 15) is 4.79 Å². The van der Waals surface area contributed by atoms with Gasteiger partial charge in [0.05, 0.1) is 29.5 Å². The summed E-state index contributed by atoms with van der Waals surface area (Å²) in [4.78, 5) is 13.5. The number of hydrazone groups is 1. The number of carbonyl (C=O) groups excluding carboxylic acids is 1. The molecule has 7 heteroatoms. The van der Waals surface area contributed by atoms with Crippen LogP contribution in [0.3, 0.4) is 0 Å². The minimum Gasteiger partial charge on any atom is -0.496 e. The zero-order valence-corrected chi connectivity index (χ0v) is 16.5. The summed E-state index contributed by atoms with van der Waals surface area (Å²) in [5.74, 6) is 0.156. The summed E-state index contributed by atoms with van der Waals surface area (Å²) in [5.41, 5.74) is 5.54. The molecule has 4 aromatic rings. The third-order valence-corrected chi connectivity index (χ3v) is 5.12. The van der Waals surface area contributed by atoms with E-state index in [-0.39, 0.29) is 5.91 Å². The van der Waals surface area contributed by atoms with Crippen LogP contribution in [0.15, 0.2) is 83.4 Å². The van der Waals surface area contributed by atoms with Crippen LogP contribution >= 0.6 is 11.3 Å².